The average molecular weight is 358 g/mol. The predicted octanol–water partition coefficient (Wildman–Crippen LogP) is 3.88. The Kier molecular flexibility index (Phi) is 6.39. The summed E-state index contributed by atoms with van der Waals surface area (Å²) in [5.74, 6) is 5.15. The van der Waals surface area contributed by atoms with E-state index in [2.05, 4.69) is 17.2 Å². The van der Waals surface area contributed by atoms with Crippen molar-refractivity contribution in [3.05, 3.63) is 39.4 Å². The van der Waals surface area contributed by atoms with Crippen molar-refractivity contribution in [3.8, 4) is 11.8 Å². The molecule has 136 valence electrons. The van der Waals surface area contributed by atoms with Crippen molar-refractivity contribution in [2.24, 2.45) is 0 Å². The number of nitrogens with one attached hydrogen (secondary N) is 1. The van der Waals surface area contributed by atoms with E-state index in [4.69, 9.17) is 4.74 Å². The number of halogens is 3. The fourth-order valence-electron chi connectivity index (χ4n) is 1.71. The van der Waals surface area contributed by atoms with E-state index in [1.807, 2.05) is 0 Å². The molecule has 9 heteroatoms. The van der Waals surface area contributed by atoms with Crippen molar-refractivity contribution >= 4 is 11.8 Å². The van der Waals surface area contributed by atoms with Crippen LogP contribution < -0.4 is 5.32 Å². The van der Waals surface area contributed by atoms with Crippen LogP contribution in [-0.2, 0) is 10.9 Å². The Hall–Kier alpha value is -2.76. The van der Waals surface area contributed by atoms with E-state index in [0.717, 1.165) is 12.1 Å². The highest BCUT2D eigenvalue weighted by atomic mass is 19.4. The number of alkyl halides is 3. The number of hydrogen-bond acceptors (Lipinski definition) is 4. The van der Waals surface area contributed by atoms with Gasteiger partial charge in [0.2, 0.25) is 0 Å². The van der Waals surface area contributed by atoms with Crippen LogP contribution in [0.3, 0.4) is 0 Å². The second kappa shape index (κ2) is 7.88. The minimum absolute atomic E-state index is 0.0805. The third-order valence-electron chi connectivity index (χ3n) is 2.65. The first-order chi connectivity index (χ1) is 11.4. The van der Waals surface area contributed by atoms with Crippen molar-refractivity contribution in [2.75, 3.05) is 6.54 Å². The molecule has 0 fully saturated rings. The van der Waals surface area contributed by atoms with Gasteiger partial charge in [-0.05, 0) is 32.9 Å². The Labute approximate surface area is 142 Å². The Morgan fingerprint density at radius 1 is 1.32 bits per heavy atom. The monoisotopic (exact) mass is 358 g/mol. The van der Waals surface area contributed by atoms with Crippen LogP contribution in [0.1, 0.15) is 38.3 Å². The second-order valence-corrected chi connectivity index (χ2v) is 5.97. The minimum atomic E-state index is -4.81. The third-order valence-corrected chi connectivity index (χ3v) is 2.65. The molecule has 0 saturated carbocycles. The number of nitro benzene ring substituents is 1. The van der Waals surface area contributed by atoms with Gasteiger partial charge < -0.3 is 10.1 Å². The third kappa shape index (κ3) is 7.12. The van der Waals surface area contributed by atoms with Crippen LogP contribution in [0.25, 0.3) is 0 Å². The average Bonchev–Trinajstić information content (AvgIpc) is 2.43. The molecule has 1 aromatic rings. The first-order valence-corrected chi connectivity index (χ1v) is 7.21. The number of amides is 1. The van der Waals surface area contributed by atoms with E-state index >= 15 is 0 Å². The summed E-state index contributed by atoms with van der Waals surface area (Å²) >= 11 is 0. The lowest BCUT2D eigenvalue weighted by Gasteiger charge is -2.19. The number of carbonyl (C=O) groups is 1. The molecule has 0 unspecified atom stereocenters. The summed E-state index contributed by atoms with van der Waals surface area (Å²) in [4.78, 5) is 21.1. The number of carbonyl (C=O) groups excluding carboxylic acids is 1. The molecule has 0 saturated heterocycles. The maximum absolute atomic E-state index is 12.7. The van der Waals surface area contributed by atoms with Gasteiger partial charge in [0.1, 0.15) is 11.2 Å². The zero-order valence-corrected chi connectivity index (χ0v) is 13.9. The smallest absolute Gasteiger partial charge is 0.422 e. The molecule has 0 atom stereocenters. The quantitative estimate of drug-likeness (QED) is 0.385. The maximum atomic E-state index is 12.7. The molecule has 1 rings (SSSR count). The van der Waals surface area contributed by atoms with Gasteiger partial charge in [0.25, 0.3) is 5.69 Å². The SMILES string of the molecule is CC(C)(C)OC(=O)NCCC#Cc1ccc(C(F)(F)F)c([N+](=O)[O-])c1. The summed E-state index contributed by atoms with van der Waals surface area (Å²) in [6.45, 7) is 5.31. The van der Waals surface area contributed by atoms with Crippen LogP contribution in [0.2, 0.25) is 0 Å². The Balaban J connectivity index is 2.70. The molecule has 6 nitrogen and oxygen atoms in total. The van der Waals surface area contributed by atoms with Crippen molar-refractivity contribution in [3.63, 3.8) is 0 Å². The van der Waals surface area contributed by atoms with Crippen LogP contribution >= 0.6 is 0 Å². The van der Waals surface area contributed by atoms with Crippen molar-refractivity contribution in [1.82, 2.24) is 5.32 Å². The molecule has 1 amide bonds. The largest absolute Gasteiger partial charge is 0.444 e. The zero-order valence-electron chi connectivity index (χ0n) is 13.9. The fourth-order valence-corrected chi connectivity index (χ4v) is 1.71. The van der Waals surface area contributed by atoms with Crippen molar-refractivity contribution in [2.45, 2.75) is 39.0 Å². The molecular formula is C16H17F3N2O4. The predicted molar refractivity (Wildman–Crippen MR) is 83.8 cm³/mol. The first kappa shape index (κ1) is 20.3. The molecule has 0 aromatic heterocycles. The van der Waals surface area contributed by atoms with E-state index in [-0.39, 0.29) is 18.5 Å². The van der Waals surface area contributed by atoms with Gasteiger partial charge in [0.05, 0.1) is 4.92 Å². The van der Waals surface area contributed by atoms with Crippen molar-refractivity contribution < 1.29 is 27.6 Å². The Morgan fingerprint density at radius 3 is 2.48 bits per heavy atom. The Bertz CT molecular complexity index is 713. The number of benzene rings is 1. The standard InChI is InChI=1S/C16H17F3N2O4/c1-15(2,3)25-14(22)20-9-5-4-6-11-7-8-12(16(17,18)19)13(10-11)21(23)24/h7-8,10H,5,9H2,1-3H3,(H,20,22). The van der Waals surface area contributed by atoms with Crippen LogP contribution in [-0.4, -0.2) is 23.2 Å². The van der Waals surface area contributed by atoms with E-state index in [1.54, 1.807) is 20.8 Å². The fraction of sp³-hybridized carbons (Fsp3) is 0.438. The van der Waals surface area contributed by atoms with Gasteiger partial charge in [-0.3, -0.25) is 10.1 Å². The highest BCUT2D eigenvalue weighted by Crippen LogP contribution is 2.36. The molecule has 0 bridgehead atoms. The molecule has 1 N–H and O–H groups in total. The molecule has 0 aliphatic heterocycles. The molecule has 1 aromatic carbocycles. The van der Waals surface area contributed by atoms with Gasteiger partial charge in [-0.25, -0.2) is 4.79 Å². The normalized spacial score (nSPS) is 11.3. The van der Waals surface area contributed by atoms with Gasteiger partial charge in [-0.2, -0.15) is 13.2 Å². The minimum Gasteiger partial charge on any atom is -0.444 e. The van der Waals surface area contributed by atoms with E-state index < -0.39 is 34.0 Å². The first-order valence-electron chi connectivity index (χ1n) is 7.21. The van der Waals surface area contributed by atoms with Gasteiger partial charge >= 0.3 is 12.3 Å². The lowest BCUT2D eigenvalue weighted by atomic mass is 10.1. The Morgan fingerprint density at radius 2 is 1.96 bits per heavy atom. The highest BCUT2D eigenvalue weighted by molar-refractivity contribution is 5.67. The molecule has 0 spiro atoms. The summed E-state index contributed by atoms with van der Waals surface area (Å²) in [6.07, 6.45) is -5.22. The van der Waals surface area contributed by atoms with E-state index in [9.17, 15) is 28.1 Å². The van der Waals surface area contributed by atoms with Gasteiger partial charge in [-0.15, -0.1) is 0 Å². The molecule has 0 aliphatic carbocycles. The highest BCUT2D eigenvalue weighted by Gasteiger charge is 2.38. The van der Waals surface area contributed by atoms with Gasteiger partial charge in [-0.1, -0.05) is 11.8 Å². The number of rotatable bonds is 3. The lowest BCUT2D eigenvalue weighted by molar-refractivity contribution is -0.388. The van der Waals surface area contributed by atoms with Crippen LogP contribution in [0.15, 0.2) is 18.2 Å². The van der Waals surface area contributed by atoms with Crippen molar-refractivity contribution in [1.29, 1.82) is 0 Å². The van der Waals surface area contributed by atoms with Gasteiger partial charge in [0, 0.05) is 24.6 Å². The number of ether oxygens (including phenoxy) is 1. The van der Waals surface area contributed by atoms with Crippen LogP contribution in [0, 0.1) is 22.0 Å². The molecule has 0 radical (unpaired) electrons. The summed E-state index contributed by atoms with van der Waals surface area (Å²) in [6, 6.07) is 2.46. The molecular weight excluding hydrogens is 341 g/mol. The maximum Gasteiger partial charge on any atom is 0.422 e. The number of nitrogens with zero attached hydrogens (tertiary/aromatic N) is 1. The molecule has 0 aliphatic rings. The van der Waals surface area contributed by atoms with Gasteiger partial charge in [0.15, 0.2) is 0 Å². The van der Waals surface area contributed by atoms with Crippen LogP contribution in [0.5, 0.6) is 0 Å². The molecule has 0 heterocycles. The second-order valence-electron chi connectivity index (χ2n) is 5.97. The number of alkyl carbamates (subject to hydrolysis) is 1. The number of nitro groups is 1. The summed E-state index contributed by atoms with van der Waals surface area (Å²) in [7, 11) is 0. The topological polar surface area (TPSA) is 81.5 Å². The summed E-state index contributed by atoms with van der Waals surface area (Å²) in [5, 5.41) is 13.2. The molecule has 25 heavy (non-hydrogen) atoms. The van der Waals surface area contributed by atoms with E-state index in [1.165, 1.54) is 0 Å². The lowest BCUT2D eigenvalue weighted by Crippen LogP contribution is -2.32. The number of hydrogen-bond donors (Lipinski definition) is 1. The summed E-state index contributed by atoms with van der Waals surface area (Å²) in [5.41, 5.74) is -2.92. The summed E-state index contributed by atoms with van der Waals surface area (Å²) < 4.78 is 43.1. The zero-order chi connectivity index (χ0) is 19.3. The van der Waals surface area contributed by atoms with Crippen LogP contribution in [0.4, 0.5) is 23.7 Å². The van der Waals surface area contributed by atoms with E-state index in [0.29, 0.717) is 6.07 Å².